The molecule has 1 aromatic rings. The molecule has 84 valence electrons. The first-order valence-corrected chi connectivity index (χ1v) is 5.02. The highest BCUT2D eigenvalue weighted by atomic mass is 16.3. The van der Waals surface area contributed by atoms with Gasteiger partial charge in [0, 0.05) is 19.2 Å². The fraction of sp³-hybridized carbons (Fsp3) is 0.333. The Balaban J connectivity index is 2.94. The van der Waals surface area contributed by atoms with E-state index in [-0.39, 0.29) is 18.9 Å². The van der Waals surface area contributed by atoms with Crippen LogP contribution in [0.15, 0.2) is 24.3 Å². The van der Waals surface area contributed by atoms with Crippen molar-refractivity contribution in [3.8, 4) is 6.07 Å². The Morgan fingerprint density at radius 3 is 2.81 bits per heavy atom. The molecule has 0 aliphatic heterocycles. The molecular weight excluding hydrogens is 204 g/mol. The Labute approximate surface area is 94.7 Å². The summed E-state index contributed by atoms with van der Waals surface area (Å²) in [7, 11) is 1.63. The van der Waals surface area contributed by atoms with E-state index in [2.05, 4.69) is 0 Å². The number of carbonyl (C=O) groups excluding carboxylic acids is 1. The van der Waals surface area contributed by atoms with E-state index in [0.29, 0.717) is 12.1 Å². The molecular formula is C12H14N2O2. The average molecular weight is 218 g/mol. The topological polar surface area (TPSA) is 64.3 Å². The molecule has 1 N–H and O–H groups in total. The fourth-order valence-electron chi connectivity index (χ4n) is 1.43. The van der Waals surface area contributed by atoms with Crippen LogP contribution in [-0.4, -0.2) is 36.1 Å². The summed E-state index contributed by atoms with van der Waals surface area (Å²) in [6.45, 7) is 0.225. The van der Waals surface area contributed by atoms with Crippen molar-refractivity contribution in [2.75, 3.05) is 20.2 Å². The third-order valence-electron chi connectivity index (χ3n) is 2.30. The van der Waals surface area contributed by atoms with E-state index in [1.54, 1.807) is 31.3 Å². The number of hydrogen-bond donors (Lipinski definition) is 1. The van der Waals surface area contributed by atoms with E-state index in [4.69, 9.17) is 10.4 Å². The van der Waals surface area contributed by atoms with Crippen molar-refractivity contribution in [3.05, 3.63) is 35.4 Å². The molecule has 4 heteroatoms. The van der Waals surface area contributed by atoms with E-state index in [0.717, 1.165) is 5.56 Å². The molecule has 0 aliphatic carbocycles. The lowest BCUT2D eigenvalue weighted by atomic mass is 10.0. The first-order valence-electron chi connectivity index (χ1n) is 5.02. The van der Waals surface area contributed by atoms with Crippen LogP contribution in [0.5, 0.6) is 0 Å². The number of likely N-dealkylation sites (N-methyl/N-ethyl adjacent to an activating group) is 1. The van der Waals surface area contributed by atoms with Gasteiger partial charge in [-0.25, -0.2) is 0 Å². The zero-order chi connectivity index (χ0) is 12.0. The van der Waals surface area contributed by atoms with Crippen LogP contribution >= 0.6 is 0 Å². The maximum Gasteiger partial charge on any atom is 0.253 e. The number of benzene rings is 1. The Hall–Kier alpha value is -1.86. The standard InChI is InChI=1S/C12H14N2O2/c1-14(8-9-15)12(16)11-5-3-2-4-10(11)6-7-13/h2-5,15H,6,8-9H2,1H3. The minimum absolute atomic E-state index is 0.0668. The minimum Gasteiger partial charge on any atom is -0.395 e. The van der Waals surface area contributed by atoms with E-state index in [1.165, 1.54) is 4.90 Å². The fourth-order valence-corrected chi connectivity index (χ4v) is 1.43. The number of aliphatic hydroxyl groups excluding tert-OH is 1. The minimum atomic E-state index is -0.167. The lowest BCUT2D eigenvalue weighted by molar-refractivity contribution is 0.0766. The van der Waals surface area contributed by atoms with Gasteiger partial charge in [0.05, 0.1) is 19.1 Å². The van der Waals surface area contributed by atoms with Crippen LogP contribution in [0.2, 0.25) is 0 Å². The van der Waals surface area contributed by atoms with Crippen molar-refractivity contribution in [2.24, 2.45) is 0 Å². The maximum absolute atomic E-state index is 11.9. The predicted octanol–water partition coefficient (Wildman–Crippen LogP) is 0.817. The normalized spacial score (nSPS) is 9.56. The van der Waals surface area contributed by atoms with E-state index in [9.17, 15) is 4.79 Å². The van der Waals surface area contributed by atoms with Gasteiger partial charge in [0.25, 0.3) is 5.91 Å². The Kier molecular flexibility index (Phi) is 4.49. The summed E-state index contributed by atoms with van der Waals surface area (Å²) in [6, 6.07) is 9.06. The number of aliphatic hydroxyl groups is 1. The second kappa shape index (κ2) is 5.89. The molecule has 1 rings (SSSR count). The molecule has 0 unspecified atom stereocenters. The van der Waals surface area contributed by atoms with Crippen LogP contribution in [-0.2, 0) is 6.42 Å². The summed E-state index contributed by atoms with van der Waals surface area (Å²) >= 11 is 0. The van der Waals surface area contributed by atoms with Crippen LogP contribution in [0.4, 0.5) is 0 Å². The zero-order valence-corrected chi connectivity index (χ0v) is 9.18. The van der Waals surface area contributed by atoms with Gasteiger partial charge in [-0.1, -0.05) is 18.2 Å². The molecule has 0 atom stereocenters. The van der Waals surface area contributed by atoms with Crippen molar-refractivity contribution >= 4 is 5.91 Å². The van der Waals surface area contributed by atoms with Crippen molar-refractivity contribution in [3.63, 3.8) is 0 Å². The van der Waals surface area contributed by atoms with Gasteiger partial charge in [0.1, 0.15) is 0 Å². The molecule has 0 saturated heterocycles. The second-order valence-corrected chi connectivity index (χ2v) is 3.44. The predicted molar refractivity (Wildman–Crippen MR) is 59.8 cm³/mol. The summed E-state index contributed by atoms with van der Waals surface area (Å²) in [5.74, 6) is -0.167. The summed E-state index contributed by atoms with van der Waals surface area (Å²) in [5.41, 5.74) is 1.25. The van der Waals surface area contributed by atoms with Crippen molar-refractivity contribution in [2.45, 2.75) is 6.42 Å². The van der Waals surface area contributed by atoms with Crippen molar-refractivity contribution in [1.82, 2.24) is 4.90 Å². The maximum atomic E-state index is 11.9. The molecule has 0 fully saturated rings. The molecule has 4 nitrogen and oxygen atoms in total. The van der Waals surface area contributed by atoms with Crippen molar-refractivity contribution in [1.29, 1.82) is 5.26 Å². The quantitative estimate of drug-likeness (QED) is 0.813. The average Bonchev–Trinajstić information content (AvgIpc) is 2.29. The zero-order valence-electron chi connectivity index (χ0n) is 9.18. The summed E-state index contributed by atoms with van der Waals surface area (Å²) < 4.78 is 0. The lowest BCUT2D eigenvalue weighted by Crippen LogP contribution is -2.30. The van der Waals surface area contributed by atoms with Crippen molar-refractivity contribution < 1.29 is 9.90 Å². The third-order valence-corrected chi connectivity index (χ3v) is 2.30. The second-order valence-electron chi connectivity index (χ2n) is 3.44. The number of carbonyl (C=O) groups is 1. The van der Waals surface area contributed by atoms with E-state index < -0.39 is 0 Å². The molecule has 16 heavy (non-hydrogen) atoms. The van der Waals surface area contributed by atoms with E-state index >= 15 is 0 Å². The number of rotatable bonds is 4. The van der Waals surface area contributed by atoms with Crippen LogP contribution < -0.4 is 0 Å². The first kappa shape index (κ1) is 12.2. The number of hydrogen-bond acceptors (Lipinski definition) is 3. The first-order chi connectivity index (χ1) is 7.70. The van der Waals surface area contributed by atoms with Gasteiger partial charge in [-0.2, -0.15) is 5.26 Å². The molecule has 0 aliphatic rings. The molecule has 0 heterocycles. The highest BCUT2D eigenvalue weighted by molar-refractivity contribution is 5.95. The largest absolute Gasteiger partial charge is 0.395 e. The Morgan fingerprint density at radius 2 is 2.19 bits per heavy atom. The number of nitriles is 1. The smallest absolute Gasteiger partial charge is 0.253 e. The molecule has 0 saturated carbocycles. The van der Waals surface area contributed by atoms with Gasteiger partial charge in [-0.3, -0.25) is 4.79 Å². The number of amides is 1. The molecule has 1 amide bonds. The number of nitrogens with zero attached hydrogens (tertiary/aromatic N) is 2. The Morgan fingerprint density at radius 1 is 1.50 bits per heavy atom. The van der Waals surface area contributed by atoms with Crippen LogP contribution in [0.3, 0.4) is 0 Å². The highest BCUT2D eigenvalue weighted by Gasteiger charge is 2.14. The van der Waals surface area contributed by atoms with Gasteiger partial charge in [0.2, 0.25) is 0 Å². The SMILES string of the molecule is CN(CCO)C(=O)c1ccccc1CC#N. The summed E-state index contributed by atoms with van der Waals surface area (Å²) in [5, 5.41) is 17.4. The Bertz CT molecular complexity index is 410. The van der Waals surface area contributed by atoms with Gasteiger partial charge >= 0.3 is 0 Å². The molecule has 0 bridgehead atoms. The monoisotopic (exact) mass is 218 g/mol. The van der Waals surface area contributed by atoms with E-state index in [1.807, 2.05) is 6.07 Å². The molecule has 0 radical (unpaired) electrons. The summed E-state index contributed by atoms with van der Waals surface area (Å²) in [4.78, 5) is 13.4. The van der Waals surface area contributed by atoms with Gasteiger partial charge in [-0.15, -0.1) is 0 Å². The third kappa shape index (κ3) is 2.81. The molecule has 1 aromatic carbocycles. The van der Waals surface area contributed by atoms with Gasteiger partial charge in [0.15, 0.2) is 0 Å². The molecule has 0 spiro atoms. The summed E-state index contributed by atoms with van der Waals surface area (Å²) in [6.07, 6.45) is 0.217. The molecule has 0 aromatic heterocycles. The van der Waals surface area contributed by atoms with Crippen LogP contribution in [0.1, 0.15) is 15.9 Å². The van der Waals surface area contributed by atoms with Crippen LogP contribution in [0.25, 0.3) is 0 Å². The lowest BCUT2D eigenvalue weighted by Gasteiger charge is -2.17. The van der Waals surface area contributed by atoms with Gasteiger partial charge in [-0.05, 0) is 11.6 Å². The highest BCUT2D eigenvalue weighted by Crippen LogP contribution is 2.11. The van der Waals surface area contributed by atoms with Crippen LogP contribution in [0, 0.1) is 11.3 Å². The van der Waals surface area contributed by atoms with Gasteiger partial charge < -0.3 is 10.0 Å².